The predicted molar refractivity (Wildman–Crippen MR) is 82.6 cm³/mol. The third-order valence-corrected chi connectivity index (χ3v) is 4.43. The fraction of sp³-hybridized carbons (Fsp3) is 0.857. The summed E-state index contributed by atoms with van der Waals surface area (Å²) in [6.07, 6.45) is 5.61. The van der Waals surface area contributed by atoms with Gasteiger partial charge in [-0.15, -0.1) is 0 Å². The molecule has 0 heterocycles. The van der Waals surface area contributed by atoms with Crippen LogP contribution in [-0.4, -0.2) is 44.4 Å². The van der Waals surface area contributed by atoms with Crippen LogP contribution in [0.5, 0.6) is 0 Å². The SMILES string of the molecule is COCC(CNC(=O)C1(C(N)=S)CCCCCC1)OC. The molecular weight excluding hydrogens is 276 g/mol. The molecule has 6 heteroatoms. The van der Waals surface area contributed by atoms with Gasteiger partial charge in [0.15, 0.2) is 0 Å². The van der Waals surface area contributed by atoms with Crippen molar-refractivity contribution >= 4 is 23.1 Å². The molecule has 0 aromatic rings. The molecule has 5 nitrogen and oxygen atoms in total. The van der Waals surface area contributed by atoms with Gasteiger partial charge in [0.2, 0.25) is 5.91 Å². The Morgan fingerprint density at radius 1 is 1.30 bits per heavy atom. The highest BCUT2D eigenvalue weighted by Crippen LogP contribution is 2.35. The van der Waals surface area contributed by atoms with Gasteiger partial charge in [0.1, 0.15) is 0 Å². The maximum Gasteiger partial charge on any atom is 0.233 e. The molecular formula is C14H26N2O3S. The molecule has 1 saturated carbocycles. The molecule has 116 valence electrons. The van der Waals surface area contributed by atoms with Crippen LogP contribution in [0.15, 0.2) is 0 Å². The lowest BCUT2D eigenvalue weighted by Crippen LogP contribution is -2.50. The van der Waals surface area contributed by atoms with Crippen LogP contribution in [0, 0.1) is 5.41 Å². The zero-order chi connectivity index (χ0) is 15.0. The van der Waals surface area contributed by atoms with Crippen LogP contribution < -0.4 is 11.1 Å². The summed E-state index contributed by atoms with van der Waals surface area (Å²) in [4.78, 5) is 12.9. The monoisotopic (exact) mass is 302 g/mol. The van der Waals surface area contributed by atoms with E-state index in [1.54, 1.807) is 14.2 Å². The average molecular weight is 302 g/mol. The summed E-state index contributed by atoms with van der Waals surface area (Å²) < 4.78 is 10.3. The van der Waals surface area contributed by atoms with Crippen molar-refractivity contribution in [3.63, 3.8) is 0 Å². The smallest absolute Gasteiger partial charge is 0.233 e. The number of carbonyl (C=O) groups excluding carboxylic acids is 1. The molecule has 0 spiro atoms. The highest BCUT2D eigenvalue weighted by atomic mass is 32.1. The summed E-state index contributed by atoms with van der Waals surface area (Å²) in [5, 5.41) is 2.93. The molecule has 1 amide bonds. The Morgan fingerprint density at radius 3 is 2.35 bits per heavy atom. The van der Waals surface area contributed by atoms with Crippen molar-refractivity contribution in [2.45, 2.75) is 44.6 Å². The number of methoxy groups -OCH3 is 2. The van der Waals surface area contributed by atoms with E-state index in [0.717, 1.165) is 38.5 Å². The van der Waals surface area contributed by atoms with E-state index in [9.17, 15) is 4.79 Å². The lowest BCUT2D eigenvalue weighted by Gasteiger charge is -2.30. The molecule has 1 fully saturated rings. The molecule has 0 aromatic heterocycles. The van der Waals surface area contributed by atoms with Gasteiger partial charge in [0.25, 0.3) is 0 Å². The Kier molecular flexibility index (Phi) is 7.40. The first-order valence-corrected chi connectivity index (χ1v) is 7.57. The van der Waals surface area contributed by atoms with Crippen molar-refractivity contribution in [3.05, 3.63) is 0 Å². The van der Waals surface area contributed by atoms with E-state index in [-0.39, 0.29) is 12.0 Å². The largest absolute Gasteiger partial charge is 0.392 e. The molecule has 0 aromatic carbocycles. The van der Waals surface area contributed by atoms with Gasteiger partial charge in [0, 0.05) is 20.8 Å². The van der Waals surface area contributed by atoms with E-state index in [1.165, 1.54) is 0 Å². The molecule has 0 bridgehead atoms. The van der Waals surface area contributed by atoms with Crippen LogP contribution >= 0.6 is 12.2 Å². The van der Waals surface area contributed by atoms with Crippen molar-refractivity contribution in [2.75, 3.05) is 27.4 Å². The second-order valence-corrected chi connectivity index (χ2v) is 5.82. The van der Waals surface area contributed by atoms with Crippen molar-refractivity contribution in [2.24, 2.45) is 11.1 Å². The van der Waals surface area contributed by atoms with E-state index in [4.69, 9.17) is 27.4 Å². The Labute approximate surface area is 126 Å². The van der Waals surface area contributed by atoms with Crippen LogP contribution in [0.3, 0.4) is 0 Å². The average Bonchev–Trinajstić information content (AvgIpc) is 2.69. The second kappa shape index (κ2) is 8.54. The minimum atomic E-state index is -0.683. The summed E-state index contributed by atoms with van der Waals surface area (Å²) >= 11 is 5.18. The van der Waals surface area contributed by atoms with Gasteiger partial charge in [-0.2, -0.15) is 0 Å². The number of nitrogens with two attached hydrogens (primary N) is 1. The molecule has 1 unspecified atom stereocenters. The lowest BCUT2D eigenvalue weighted by molar-refractivity contribution is -0.128. The molecule has 1 aliphatic carbocycles. The predicted octanol–water partition coefficient (Wildman–Crippen LogP) is 1.39. The number of carbonyl (C=O) groups is 1. The van der Waals surface area contributed by atoms with Gasteiger partial charge in [-0.1, -0.05) is 37.9 Å². The van der Waals surface area contributed by atoms with E-state index in [0.29, 0.717) is 18.1 Å². The van der Waals surface area contributed by atoms with E-state index < -0.39 is 5.41 Å². The summed E-state index contributed by atoms with van der Waals surface area (Å²) in [5.74, 6) is -0.0648. The number of hydrogen-bond acceptors (Lipinski definition) is 4. The second-order valence-electron chi connectivity index (χ2n) is 5.38. The zero-order valence-electron chi connectivity index (χ0n) is 12.4. The molecule has 20 heavy (non-hydrogen) atoms. The van der Waals surface area contributed by atoms with Gasteiger partial charge >= 0.3 is 0 Å². The van der Waals surface area contributed by atoms with Crippen molar-refractivity contribution in [3.8, 4) is 0 Å². The highest BCUT2D eigenvalue weighted by Gasteiger charge is 2.41. The fourth-order valence-electron chi connectivity index (χ4n) is 2.69. The topological polar surface area (TPSA) is 73.6 Å². The number of nitrogens with one attached hydrogen (secondary N) is 1. The highest BCUT2D eigenvalue weighted by molar-refractivity contribution is 7.80. The molecule has 0 aliphatic heterocycles. The fourth-order valence-corrected chi connectivity index (χ4v) is 2.99. The molecule has 1 atom stereocenters. The molecule has 1 aliphatic rings. The first-order valence-electron chi connectivity index (χ1n) is 7.16. The van der Waals surface area contributed by atoms with Crippen LogP contribution in [0.1, 0.15) is 38.5 Å². The molecule has 0 radical (unpaired) electrons. The number of hydrogen-bond donors (Lipinski definition) is 2. The van der Waals surface area contributed by atoms with Gasteiger partial charge in [-0.3, -0.25) is 4.79 Å². The lowest BCUT2D eigenvalue weighted by atomic mass is 9.79. The summed E-state index contributed by atoms with van der Waals surface area (Å²) in [6, 6.07) is 0. The minimum Gasteiger partial charge on any atom is -0.392 e. The number of rotatable bonds is 7. The van der Waals surface area contributed by atoms with E-state index in [1.807, 2.05) is 0 Å². The summed E-state index contributed by atoms with van der Waals surface area (Å²) in [7, 11) is 3.21. The first kappa shape index (κ1) is 17.3. The Bertz CT molecular complexity index is 328. The van der Waals surface area contributed by atoms with Gasteiger partial charge in [0.05, 0.1) is 23.1 Å². The normalized spacial score (nSPS) is 19.9. The van der Waals surface area contributed by atoms with E-state index >= 15 is 0 Å². The number of thiocarbonyl (C=S) groups is 1. The summed E-state index contributed by atoms with van der Waals surface area (Å²) in [6.45, 7) is 0.852. The van der Waals surface area contributed by atoms with Gasteiger partial charge < -0.3 is 20.5 Å². The number of amides is 1. The summed E-state index contributed by atoms with van der Waals surface area (Å²) in [5.41, 5.74) is 5.20. The number of ether oxygens (including phenoxy) is 2. The quantitative estimate of drug-likeness (QED) is 0.549. The van der Waals surface area contributed by atoms with Crippen LogP contribution in [0.2, 0.25) is 0 Å². The molecule has 1 rings (SSSR count). The maximum atomic E-state index is 12.6. The maximum absolute atomic E-state index is 12.6. The Balaban J connectivity index is 2.66. The first-order chi connectivity index (χ1) is 9.56. The van der Waals surface area contributed by atoms with Crippen molar-refractivity contribution < 1.29 is 14.3 Å². The third kappa shape index (κ3) is 4.40. The van der Waals surface area contributed by atoms with Gasteiger partial charge in [-0.05, 0) is 12.8 Å². The van der Waals surface area contributed by atoms with E-state index in [2.05, 4.69) is 5.32 Å². The van der Waals surface area contributed by atoms with Gasteiger partial charge in [-0.25, -0.2) is 0 Å². The zero-order valence-corrected chi connectivity index (χ0v) is 13.3. The molecule has 3 N–H and O–H groups in total. The standard InChI is InChI=1S/C14H26N2O3S/c1-18-10-11(19-2)9-16-13(17)14(12(15)20)7-5-3-4-6-8-14/h11H,3-10H2,1-2H3,(H2,15,20)(H,16,17). The van der Waals surface area contributed by atoms with Crippen LogP contribution in [0.4, 0.5) is 0 Å². The Hall–Kier alpha value is -0.720. The van der Waals surface area contributed by atoms with Crippen LogP contribution in [-0.2, 0) is 14.3 Å². The molecule has 0 saturated heterocycles. The van der Waals surface area contributed by atoms with Crippen LogP contribution in [0.25, 0.3) is 0 Å². The van der Waals surface area contributed by atoms with Crippen molar-refractivity contribution in [1.82, 2.24) is 5.32 Å². The Morgan fingerprint density at radius 2 is 1.90 bits per heavy atom. The van der Waals surface area contributed by atoms with Crippen molar-refractivity contribution in [1.29, 1.82) is 0 Å². The minimum absolute atomic E-state index is 0.0648. The third-order valence-electron chi connectivity index (χ3n) is 4.04.